The highest BCUT2D eigenvalue weighted by atomic mass is 35.5. The Morgan fingerprint density at radius 2 is 1.76 bits per heavy atom. The quantitative estimate of drug-likeness (QED) is 0.688. The van der Waals surface area contributed by atoms with E-state index in [1.807, 2.05) is 0 Å². The van der Waals surface area contributed by atoms with Gasteiger partial charge in [-0.2, -0.15) is 0 Å². The van der Waals surface area contributed by atoms with Crippen molar-refractivity contribution in [3.05, 3.63) is 58.6 Å². The summed E-state index contributed by atoms with van der Waals surface area (Å²) in [6.45, 7) is 1.25. The van der Waals surface area contributed by atoms with Crippen molar-refractivity contribution < 1.29 is 17.9 Å². The fraction of sp³-hybridized carbons (Fsp3) is 0.350. The second kappa shape index (κ2) is 9.80. The van der Waals surface area contributed by atoms with Crippen LogP contribution in [0.25, 0.3) is 0 Å². The fourth-order valence-electron chi connectivity index (χ4n) is 3.11. The maximum absolute atomic E-state index is 12.4. The van der Waals surface area contributed by atoms with Gasteiger partial charge in [0.15, 0.2) is 0 Å². The highest BCUT2D eigenvalue weighted by molar-refractivity contribution is 7.89. The minimum atomic E-state index is -3.54. The summed E-state index contributed by atoms with van der Waals surface area (Å²) in [5.41, 5.74) is 0. The molecule has 1 N–H and O–H groups in total. The average Bonchev–Trinajstić information content (AvgIpc) is 2.71. The molecule has 1 saturated heterocycles. The molecule has 2 aromatic rings. The van der Waals surface area contributed by atoms with Crippen LogP contribution in [0.4, 0.5) is 0 Å². The van der Waals surface area contributed by atoms with E-state index in [4.69, 9.17) is 27.9 Å². The number of ether oxygens (including phenoxy) is 1. The molecule has 2 aromatic carbocycles. The number of nitrogens with one attached hydrogen (secondary N) is 1. The molecule has 1 fully saturated rings. The average molecular weight is 457 g/mol. The number of carbonyl (C=O) groups is 1. The number of benzene rings is 2. The second-order valence-corrected chi connectivity index (χ2v) is 9.29. The first-order valence-electron chi connectivity index (χ1n) is 9.28. The smallest absolute Gasteiger partial charge is 0.240 e. The van der Waals surface area contributed by atoms with Gasteiger partial charge in [0.05, 0.1) is 28.0 Å². The van der Waals surface area contributed by atoms with E-state index in [-0.39, 0.29) is 29.9 Å². The zero-order chi connectivity index (χ0) is 20.9. The van der Waals surface area contributed by atoms with Gasteiger partial charge in [0, 0.05) is 25.2 Å². The second-order valence-electron chi connectivity index (χ2n) is 6.76. The van der Waals surface area contributed by atoms with E-state index >= 15 is 0 Å². The molecule has 0 atom stereocenters. The fourth-order valence-corrected chi connectivity index (χ4v) is 4.73. The summed E-state index contributed by atoms with van der Waals surface area (Å²) in [5, 5.41) is 0.844. The predicted molar refractivity (Wildman–Crippen MR) is 113 cm³/mol. The van der Waals surface area contributed by atoms with Crippen LogP contribution in [0.2, 0.25) is 10.0 Å². The maximum atomic E-state index is 12.4. The zero-order valence-corrected chi connectivity index (χ0v) is 18.0. The first kappa shape index (κ1) is 21.9. The first-order valence-corrected chi connectivity index (χ1v) is 11.5. The van der Waals surface area contributed by atoms with Crippen LogP contribution in [0, 0.1) is 0 Å². The standard InChI is InChI=1S/C20H22Cl2N2O4S/c21-18-7-6-16(14-19(18)22)28-13-10-20(25)24-11-8-15(9-12-24)23-29(26,27)17-4-2-1-3-5-17/h1-7,14-15,23H,8-13H2. The molecule has 1 amide bonds. The normalized spacial score (nSPS) is 15.3. The number of sulfonamides is 1. The molecule has 0 aliphatic carbocycles. The van der Waals surface area contributed by atoms with Gasteiger partial charge in [-0.15, -0.1) is 0 Å². The number of hydrogen-bond acceptors (Lipinski definition) is 4. The molecular weight excluding hydrogens is 435 g/mol. The minimum absolute atomic E-state index is 0.0190. The van der Waals surface area contributed by atoms with Crippen LogP contribution < -0.4 is 9.46 Å². The molecule has 1 aliphatic heterocycles. The number of halogens is 2. The van der Waals surface area contributed by atoms with E-state index in [0.29, 0.717) is 41.7 Å². The molecule has 3 rings (SSSR count). The number of piperidine rings is 1. The zero-order valence-electron chi connectivity index (χ0n) is 15.7. The third kappa shape index (κ3) is 6.09. The van der Waals surface area contributed by atoms with Crippen molar-refractivity contribution in [1.29, 1.82) is 0 Å². The van der Waals surface area contributed by atoms with Crippen LogP contribution in [0.15, 0.2) is 53.4 Å². The van der Waals surface area contributed by atoms with Crippen molar-refractivity contribution in [2.24, 2.45) is 0 Å². The lowest BCUT2D eigenvalue weighted by molar-refractivity contribution is -0.132. The van der Waals surface area contributed by atoms with Gasteiger partial charge in [-0.3, -0.25) is 4.79 Å². The van der Waals surface area contributed by atoms with Gasteiger partial charge < -0.3 is 9.64 Å². The van der Waals surface area contributed by atoms with Crippen LogP contribution in [0.5, 0.6) is 5.75 Å². The van der Waals surface area contributed by atoms with Crippen LogP contribution >= 0.6 is 23.2 Å². The Hall–Kier alpha value is -1.80. The molecule has 6 nitrogen and oxygen atoms in total. The summed E-state index contributed by atoms with van der Waals surface area (Å²) < 4.78 is 33.1. The number of rotatable bonds is 7. The molecule has 0 aromatic heterocycles. The largest absolute Gasteiger partial charge is 0.493 e. The summed E-state index contributed by atoms with van der Waals surface area (Å²) in [6, 6.07) is 13.0. The summed E-state index contributed by atoms with van der Waals surface area (Å²) in [6.07, 6.45) is 1.39. The summed E-state index contributed by atoms with van der Waals surface area (Å²) in [4.78, 5) is 14.4. The highest BCUT2D eigenvalue weighted by Gasteiger charge is 2.26. The number of nitrogens with zero attached hydrogens (tertiary/aromatic N) is 1. The molecule has 29 heavy (non-hydrogen) atoms. The third-order valence-corrected chi connectivity index (χ3v) is 6.97. The molecule has 0 unspecified atom stereocenters. The Balaban J connectivity index is 1.43. The number of likely N-dealkylation sites (tertiary alicyclic amines) is 1. The van der Waals surface area contributed by atoms with Gasteiger partial charge in [-0.05, 0) is 37.1 Å². The van der Waals surface area contributed by atoms with Gasteiger partial charge in [0.1, 0.15) is 5.75 Å². The molecule has 0 bridgehead atoms. The van der Waals surface area contributed by atoms with Crippen molar-refractivity contribution in [3.63, 3.8) is 0 Å². The molecule has 0 spiro atoms. The van der Waals surface area contributed by atoms with Crippen molar-refractivity contribution in [2.45, 2.75) is 30.2 Å². The number of amides is 1. The molecule has 156 valence electrons. The Labute approximate surface area is 180 Å². The van der Waals surface area contributed by atoms with Gasteiger partial charge >= 0.3 is 0 Å². The molecule has 9 heteroatoms. The van der Waals surface area contributed by atoms with Crippen molar-refractivity contribution in [1.82, 2.24) is 9.62 Å². The number of hydrogen-bond donors (Lipinski definition) is 1. The van der Waals surface area contributed by atoms with E-state index in [9.17, 15) is 13.2 Å². The van der Waals surface area contributed by atoms with E-state index < -0.39 is 10.0 Å². The van der Waals surface area contributed by atoms with Crippen LogP contribution in [0.3, 0.4) is 0 Å². The molecule has 1 heterocycles. The predicted octanol–water partition coefficient (Wildman–Crippen LogP) is 3.73. The summed E-state index contributed by atoms with van der Waals surface area (Å²) >= 11 is 11.8. The molecular formula is C20H22Cl2N2O4S. The summed E-state index contributed by atoms with van der Waals surface area (Å²) in [7, 11) is -3.54. The monoisotopic (exact) mass is 456 g/mol. The van der Waals surface area contributed by atoms with E-state index in [2.05, 4.69) is 4.72 Å². The Morgan fingerprint density at radius 1 is 1.07 bits per heavy atom. The van der Waals surface area contributed by atoms with E-state index in [0.717, 1.165) is 0 Å². The third-order valence-electron chi connectivity index (χ3n) is 4.70. The van der Waals surface area contributed by atoms with Gasteiger partial charge in [-0.1, -0.05) is 41.4 Å². The SMILES string of the molecule is O=C(CCOc1ccc(Cl)c(Cl)c1)N1CCC(NS(=O)(=O)c2ccccc2)CC1. The van der Waals surface area contributed by atoms with Crippen LogP contribution in [-0.4, -0.2) is 45.0 Å². The lowest BCUT2D eigenvalue weighted by Crippen LogP contribution is -2.46. The van der Waals surface area contributed by atoms with Gasteiger partial charge in [-0.25, -0.2) is 13.1 Å². The highest BCUT2D eigenvalue weighted by Crippen LogP contribution is 2.26. The Bertz CT molecular complexity index is 946. The van der Waals surface area contributed by atoms with Crippen molar-refractivity contribution in [3.8, 4) is 5.75 Å². The minimum Gasteiger partial charge on any atom is -0.493 e. The molecule has 0 radical (unpaired) electrons. The Morgan fingerprint density at radius 3 is 2.41 bits per heavy atom. The number of carbonyl (C=O) groups excluding carboxylic acids is 1. The van der Waals surface area contributed by atoms with E-state index in [1.165, 1.54) is 0 Å². The first-order chi connectivity index (χ1) is 13.8. The Kier molecular flexibility index (Phi) is 7.40. The van der Waals surface area contributed by atoms with Gasteiger partial charge in [0.2, 0.25) is 15.9 Å². The van der Waals surface area contributed by atoms with Crippen molar-refractivity contribution >= 4 is 39.1 Å². The van der Waals surface area contributed by atoms with Crippen molar-refractivity contribution in [2.75, 3.05) is 19.7 Å². The molecule has 1 aliphatic rings. The molecule has 0 saturated carbocycles. The maximum Gasteiger partial charge on any atom is 0.240 e. The topological polar surface area (TPSA) is 75.7 Å². The van der Waals surface area contributed by atoms with Crippen LogP contribution in [-0.2, 0) is 14.8 Å². The lowest BCUT2D eigenvalue weighted by Gasteiger charge is -2.32. The summed E-state index contributed by atoms with van der Waals surface area (Å²) in [5.74, 6) is 0.538. The van der Waals surface area contributed by atoms with Gasteiger partial charge in [0.25, 0.3) is 0 Å². The lowest BCUT2D eigenvalue weighted by atomic mass is 10.1. The van der Waals surface area contributed by atoms with Crippen LogP contribution in [0.1, 0.15) is 19.3 Å². The van der Waals surface area contributed by atoms with E-state index in [1.54, 1.807) is 53.4 Å².